The van der Waals surface area contributed by atoms with E-state index in [1.165, 1.54) is 77.9 Å². The first-order valence-corrected chi connectivity index (χ1v) is 29.1. The van der Waals surface area contributed by atoms with E-state index in [4.69, 9.17) is 9.47 Å². The number of hydrogen-bond acceptors (Lipinski definition) is 3. The van der Waals surface area contributed by atoms with Gasteiger partial charge in [0, 0.05) is 39.1 Å². The Morgan fingerprint density at radius 1 is 0.226 bits per heavy atom. The molecule has 84 heavy (non-hydrogen) atoms. The average Bonchev–Trinajstić information content (AvgIpc) is 2.12. The molecule has 0 unspecified atom stereocenters. The van der Waals surface area contributed by atoms with E-state index in [9.17, 15) is 0 Å². The second-order valence-corrected chi connectivity index (χ2v) is 22.9. The first-order valence-electron chi connectivity index (χ1n) is 29.1. The van der Waals surface area contributed by atoms with Gasteiger partial charge in [0.2, 0.25) is 0 Å². The van der Waals surface area contributed by atoms with E-state index in [0.29, 0.717) is 0 Å². The second-order valence-electron chi connectivity index (χ2n) is 22.9. The molecule has 0 saturated heterocycles. The Morgan fingerprint density at radius 2 is 0.583 bits per heavy atom. The summed E-state index contributed by atoms with van der Waals surface area (Å²) in [4.78, 5) is 2.59. The molecular formula is C81H51NO2. The minimum Gasteiger partial charge on any atom is -0.457 e. The predicted octanol–water partition coefficient (Wildman–Crippen LogP) is 20.1. The monoisotopic (exact) mass is 1070 g/mol. The molecular weight excluding hydrogens is 1020 g/mol. The molecule has 2 spiro atoms. The molecule has 13 aromatic rings. The van der Waals surface area contributed by atoms with Crippen LogP contribution in [-0.4, -0.2) is 0 Å². The van der Waals surface area contributed by atoms with Gasteiger partial charge in [0.15, 0.2) is 0 Å². The van der Waals surface area contributed by atoms with Crippen molar-refractivity contribution < 1.29 is 9.47 Å². The maximum atomic E-state index is 6.84. The van der Waals surface area contributed by atoms with Gasteiger partial charge in [0.25, 0.3) is 0 Å². The molecule has 0 bridgehead atoms. The highest BCUT2D eigenvalue weighted by Gasteiger charge is 2.54. The van der Waals surface area contributed by atoms with Crippen LogP contribution in [0.4, 0.5) is 17.1 Å². The lowest BCUT2D eigenvalue weighted by Gasteiger charge is -2.39. The molecule has 18 rings (SSSR count). The first kappa shape index (κ1) is 47.0. The van der Waals surface area contributed by atoms with Crippen molar-refractivity contribution in [1.82, 2.24) is 0 Å². The third-order valence-electron chi connectivity index (χ3n) is 19.1. The summed E-state index contributed by atoms with van der Waals surface area (Å²) in [6.45, 7) is 0. The van der Waals surface area contributed by atoms with Crippen molar-refractivity contribution >= 4 is 17.1 Å². The molecule has 0 amide bonds. The van der Waals surface area contributed by atoms with Gasteiger partial charge >= 0.3 is 0 Å². The van der Waals surface area contributed by atoms with Crippen LogP contribution in [0.25, 0.3) is 44.5 Å². The number of hydrogen-bond donors (Lipinski definition) is 0. The van der Waals surface area contributed by atoms with Gasteiger partial charge in [-0.1, -0.05) is 255 Å². The average molecular weight is 1070 g/mol. The fraction of sp³-hybridized carbons (Fsp3) is 0.0370. The minimum absolute atomic E-state index is 0.555. The Labute approximate surface area is 488 Å². The third kappa shape index (κ3) is 6.04. The molecule has 2 heterocycles. The van der Waals surface area contributed by atoms with Gasteiger partial charge in [-0.15, -0.1) is 0 Å². The molecule has 13 aromatic carbocycles. The van der Waals surface area contributed by atoms with Gasteiger partial charge in [-0.2, -0.15) is 0 Å². The van der Waals surface area contributed by atoms with Crippen molar-refractivity contribution in [2.24, 2.45) is 0 Å². The molecule has 0 aromatic heterocycles. The summed E-state index contributed by atoms with van der Waals surface area (Å²) in [5.74, 6) is 3.53. The molecule has 0 fully saturated rings. The van der Waals surface area contributed by atoms with E-state index in [0.717, 1.165) is 73.4 Å². The highest BCUT2D eigenvalue weighted by Crippen LogP contribution is 2.67. The summed E-state index contributed by atoms with van der Waals surface area (Å²) in [7, 11) is 0. The lowest BCUT2D eigenvalue weighted by atomic mass is 9.66. The van der Waals surface area contributed by atoms with Crippen LogP contribution in [0.2, 0.25) is 0 Å². The highest BCUT2D eigenvalue weighted by molar-refractivity contribution is 6.03. The standard InChI is InChI=1S/C81H51NO2/c1-3-25-54(26-4-1)79(55-27-5-2-6-28-55)62-34-11-8-31-58(62)77-69(79)40-22-42-71(77)82(72-43-23-41-70-78(72)59-32-9-12-35-63(59)81(70)67-38-15-19-46-75(67)84-76-47-20-16-39-68(76)81)56-29-21-24-52(50-56)53-48-49-64-60(51-53)57-30-7-10-33-61(57)80(64)65-36-13-17-44-73(65)83-74-45-18-14-37-66(74)80/h1-51H. The van der Waals surface area contributed by atoms with Gasteiger partial charge in [0.1, 0.15) is 23.0 Å². The van der Waals surface area contributed by atoms with E-state index < -0.39 is 16.2 Å². The molecule has 3 heteroatoms. The zero-order valence-corrected chi connectivity index (χ0v) is 45.7. The van der Waals surface area contributed by atoms with Crippen molar-refractivity contribution in [1.29, 1.82) is 0 Å². The Balaban J connectivity index is 0.907. The zero-order valence-electron chi connectivity index (χ0n) is 45.7. The summed E-state index contributed by atoms with van der Waals surface area (Å²) in [6, 6.07) is 115. The summed E-state index contributed by atoms with van der Waals surface area (Å²) >= 11 is 0. The molecule has 3 aliphatic carbocycles. The number of rotatable bonds is 6. The molecule has 3 nitrogen and oxygen atoms in total. The van der Waals surface area contributed by atoms with Gasteiger partial charge in [-0.05, 0) is 132 Å². The van der Waals surface area contributed by atoms with Crippen LogP contribution < -0.4 is 14.4 Å². The largest absolute Gasteiger partial charge is 0.457 e. The van der Waals surface area contributed by atoms with Gasteiger partial charge < -0.3 is 14.4 Å². The van der Waals surface area contributed by atoms with E-state index in [-0.39, 0.29) is 0 Å². The van der Waals surface area contributed by atoms with Crippen LogP contribution >= 0.6 is 0 Å². The Hall–Kier alpha value is -10.7. The molecule has 392 valence electrons. The van der Waals surface area contributed by atoms with Crippen LogP contribution in [0, 0.1) is 0 Å². The van der Waals surface area contributed by atoms with Crippen LogP contribution in [-0.2, 0) is 16.2 Å². The van der Waals surface area contributed by atoms with Crippen molar-refractivity contribution in [3.05, 3.63) is 376 Å². The smallest absolute Gasteiger partial charge is 0.132 e. The predicted molar refractivity (Wildman–Crippen MR) is 339 cm³/mol. The number of benzene rings is 13. The minimum atomic E-state index is -0.661. The summed E-state index contributed by atoms with van der Waals surface area (Å²) in [5.41, 5.74) is 25.6. The van der Waals surface area contributed by atoms with Gasteiger partial charge in [-0.3, -0.25) is 0 Å². The first-order chi connectivity index (χ1) is 41.7. The van der Waals surface area contributed by atoms with Crippen LogP contribution in [0.3, 0.4) is 0 Å². The van der Waals surface area contributed by atoms with Crippen LogP contribution in [0.5, 0.6) is 23.0 Å². The number of para-hydroxylation sites is 4. The molecule has 0 radical (unpaired) electrons. The van der Waals surface area contributed by atoms with Crippen molar-refractivity contribution in [2.75, 3.05) is 4.90 Å². The number of ether oxygens (including phenoxy) is 2. The number of nitrogens with zero attached hydrogens (tertiary/aromatic N) is 1. The quantitative estimate of drug-likeness (QED) is 0.166. The maximum Gasteiger partial charge on any atom is 0.132 e. The van der Waals surface area contributed by atoms with E-state index in [2.05, 4.69) is 314 Å². The van der Waals surface area contributed by atoms with Gasteiger partial charge in [0.05, 0.1) is 27.6 Å². The molecule has 0 N–H and O–H groups in total. The fourth-order valence-corrected chi connectivity index (χ4v) is 16.0. The molecule has 2 aliphatic heterocycles. The lowest BCUT2D eigenvalue weighted by Crippen LogP contribution is -2.32. The Kier molecular flexibility index (Phi) is 9.86. The van der Waals surface area contributed by atoms with Crippen molar-refractivity contribution in [3.63, 3.8) is 0 Å². The molecule has 0 saturated carbocycles. The Morgan fingerprint density at radius 3 is 1.10 bits per heavy atom. The van der Waals surface area contributed by atoms with Gasteiger partial charge in [-0.25, -0.2) is 0 Å². The highest BCUT2D eigenvalue weighted by atomic mass is 16.5. The second kappa shape index (κ2) is 17.6. The topological polar surface area (TPSA) is 21.7 Å². The summed E-state index contributed by atoms with van der Waals surface area (Å²) in [5, 5.41) is 0. The number of fused-ring (bicyclic) bond motifs is 21. The molecule has 5 aliphatic rings. The van der Waals surface area contributed by atoms with E-state index >= 15 is 0 Å². The summed E-state index contributed by atoms with van der Waals surface area (Å²) < 4.78 is 13.5. The maximum absolute atomic E-state index is 6.84. The SMILES string of the molecule is c1ccc(C2(c3ccccc3)c3ccccc3-c3c(N(c4cccc(-c5ccc6c(c5)-c5ccccc5C65c6ccccc6Oc6ccccc65)c4)c4cccc5c4-c4ccccc4C54c5ccccc5Oc5ccccc54)cccc32)cc1. The number of anilines is 3. The summed E-state index contributed by atoms with van der Waals surface area (Å²) in [6.07, 6.45) is 0. The van der Waals surface area contributed by atoms with E-state index in [1.807, 2.05) is 0 Å². The zero-order chi connectivity index (χ0) is 55.1. The Bertz CT molecular complexity index is 4750. The lowest BCUT2D eigenvalue weighted by molar-refractivity contribution is 0.436. The van der Waals surface area contributed by atoms with Crippen molar-refractivity contribution in [2.45, 2.75) is 16.2 Å². The third-order valence-corrected chi connectivity index (χ3v) is 19.1. The van der Waals surface area contributed by atoms with E-state index in [1.54, 1.807) is 0 Å². The fourth-order valence-electron chi connectivity index (χ4n) is 16.0. The molecule has 0 atom stereocenters. The van der Waals surface area contributed by atoms with Crippen molar-refractivity contribution in [3.8, 4) is 67.5 Å². The normalized spacial score (nSPS) is 14.7. The van der Waals surface area contributed by atoms with Crippen LogP contribution in [0.1, 0.15) is 66.8 Å². The van der Waals surface area contributed by atoms with Crippen LogP contribution in [0.15, 0.2) is 309 Å².